The molecule has 1 amide bonds. The predicted octanol–water partition coefficient (Wildman–Crippen LogP) is 3.72. The summed E-state index contributed by atoms with van der Waals surface area (Å²) < 4.78 is 13.2. The van der Waals surface area contributed by atoms with Gasteiger partial charge in [-0.3, -0.25) is 4.79 Å². The molecule has 2 heterocycles. The van der Waals surface area contributed by atoms with Crippen LogP contribution in [0.2, 0.25) is 0 Å². The molecule has 3 aromatic rings. The number of nitrogens with one attached hydrogen (secondary N) is 1. The number of halogens is 1. The third-order valence-electron chi connectivity index (χ3n) is 5.08. The van der Waals surface area contributed by atoms with Gasteiger partial charge < -0.3 is 16.0 Å². The average Bonchev–Trinajstić information content (AvgIpc) is 2.74. The SMILES string of the molecule is Nc1nccc(N2CCC[C@H](C(=O)Nc3cccc(-c4ccc(F)cc4)c3)C2)n1. The Morgan fingerprint density at radius 3 is 2.76 bits per heavy atom. The van der Waals surface area contributed by atoms with E-state index in [2.05, 4.69) is 20.2 Å². The van der Waals surface area contributed by atoms with E-state index in [0.29, 0.717) is 6.54 Å². The number of nitrogens with two attached hydrogens (primary N) is 1. The van der Waals surface area contributed by atoms with Gasteiger partial charge in [-0.1, -0.05) is 24.3 Å². The third kappa shape index (κ3) is 4.51. The monoisotopic (exact) mass is 391 g/mol. The number of anilines is 3. The molecule has 0 radical (unpaired) electrons. The van der Waals surface area contributed by atoms with E-state index in [1.165, 1.54) is 12.1 Å². The molecule has 0 unspecified atom stereocenters. The van der Waals surface area contributed by atoms with E-state index in [1.54, 1.807) is 18.3 Å². The summed E-state index contributed by atoms with van der Waals surface area (Å²) in [5.41, 5.74) is 8.22. The highest BCUT2D eigenvalue weighted by Crippen LogP contribution is 2.25. The molecule has 29 heavy (non-hydrogen) atoms. The fraction of sp³-hybridized carbons (Fsp3) is 0.227. The van der Waals surface area contributed by atoms with Crippen LogP contribution in [0.4, 0.5) is 21.8 Å². The van der Waals surface area contributed by atoms with E-state index >= 15 is 0 Å². The predicted molar refractivity (Wildman–Crippen MR) is 112 cm³/mol. The lowest BCUT2D eigenvalue weighted by atomic mass is 9.97. The number of rotatable bonds is 4. The quantitative estimate of drug-likeness (QED) is 0.708. The van der Waals surface area contributed by atoms with Gasteiger partial charge in [-0.15, -0.1) is 0 Å². The number of hydrogen-bond acceptors (Lipinski definition) is 5. The van der Waals surface area contributed by atoms with Crippen molar-refractivity contribution in [2.24, 2.45) is 5.92 Å². The Balaban J connectivity index is 1.45. The summed E-state index contributed by atoms with van der Waals surface area (Å²) in [5.74, 6) is 0.535. The first-order chi connectivity index (χ1) is 14.1. The number of benzene rings is 2. The van der Waals surface area contributed by atoms with Crippen LogP contribution in [0.15, 0.2) is 60.8 Å². The average molecular weight is 391 g/mol. The highest BCUT2D eigenvalue weighted by molar-refractivity contribution is 5.93. The Labute approximate surface area is 168 Å². The summed E-state index contributed by atoms with van der Waals surface area (Å²) in [7, 11) is 0. The Morgan fingerprint density at radius 1 is 1.14 bits per heavy atom. The summed E-state index contributed by atoms with van der Waals surface area (Å²) >= 11 is 0. The van der Waals surface area contributed by atoms with Gasteiger partial charge in [0.05, 0.1) is 5.92 Å². The molecule has 148 valence electrons. The summed E-state index contributed by atoms with van der Waals surface area (Å²) in [6, 6.07) is 15.7. The molecular formula is C22H22FN5O. The lowest BCUT2D eigenvalue weighted by Crippen LogP contribution is -2.41. The first-order valence-electron chi connectivity index (χ1n) is 9.59. The Bertz CT molecular complexity index is 1010. The maximum atomic E-state index is 13.2. The first kappa shape index (κ1) is 18.9. The van der Waals surface area contributed by atoms with Gasteiger partial charge in [0.25, 0.3) is 0 Å². The van der Waals surface area contributed by atoms with Crippen molar-refractivity contribution in [2.45, 2.75) is 12.8 Å². The van der Waals surface area contributed by atoms with Crippen molar-refractivity contribution in [2.75, 3.05) is 29.0 Å². The molecule has 6 nitrogen and oxygen atoms in total. The highest BCUT2D eigenvalue weighted by atomic mass is 19.1. The van der Waals surface area contributed by atoms with Crippen LogP contribution < -0.4 is 16.0 Å². The molecule has 1 fully saturated rings. The molecule has 0 spiro atoms. The summed E-state index contributed by atoms with van der Waals surface area (Å²) in [6.45, 7) is 1.42. The van der Waals surface area contributed by atoms with Crippen LogP contribution in [0, 0.1) is 11.7 Å². The van der Waals surface area contributed by atoms with E-state index in [0.717, 1.165) is 42.0 Å². The van der Waals surface area contributed by atoms with Crippen LogP contribution >= 0.6 is 0 Å². The zero-order valence-electron chi connectivity index (χ0n) is 15.9. The lowest BCUT2D eigenvalue weighted by molar-refractivity contribution is -0.120. The molecule has 1 aliphatic heterocycles. The summed E-state index contributed by atoms with van der Waals surface area (Å²) in [5, 5.41) is 3.02. The second kappa shape index (κ2) is 8.26. The van der Waals surface area contributed by atoms with E-state index in [4.69, 9.17) is 5.73 Å². The summed E-state index contributed by atoms with van der Waals surface area (Å²) in [4.78, 5) is 23.1. The Kier molecular flexibility index (Phi) is 5.37. The summed E-state index contributed by atoms with van der Waals surface area (Å²) in [6.07, 6.45) is 3.35. The molecule has 7 heteroatoms. The molecule has 1 saturated heterocycles. The second-order valence-corrected chi connectivity index (χ2v) is 7.14. The number of carbonyl (C=O) groups is 1. The third-order valence-corrected chi connectivity index (χ3v) is 5.08. The number of carbonyl (C=O) groups excluding carboxylic acids is 1. The van der Waals surface area contributed by atoms with Crippen LogP contribution in [0.25, 0.3) is 11.1 Å². The van der Waals surface area contributed by atoms with Gasteiger partial charge >= 0.3 is 0 Å². The van der Waals surface area contributed by atoms with Crippen molar-refractivity contribution < 1.29 is 9.18 Å². The second-order valence-electron chi connectivity index (χ2n) is 7.14. The molecule has 1 atom stereocenters. The van der Waals surface area contributed by atoms with E-state index in [9.17, 15) is 9.18 Å². The standard InChI is InChI=1S/C22H22FN5O/c23-18-8-6-15(7-9-18)16-3-1-5-19(13-16)26-21(29)17-4-2-12-28(14-17)20-10-11-25-22(24)27-20/h1,3,5-11,13,17H,2,4,12,14H2,(H,26,29)(H2,24,25,27)/t17-/m0/s1. The lowest BCUT2D eigenvalue weighted by Gasteiger charge is -2.32. The molecule has 0 saturated carbocycles. The maximum Gasteiger partial charge on any atom is 0.229 e. The van der Waals surface area contributed by atoms with Crippen LogP contribution in [0.3, 0.4) is 0 Å². The van der Waals surface area contributed by atoms with Crippen molar-refractivity contribution in [3.05, 3.63) is 66.6 Å². The van der Waals surface area contributed by atoms with E-state index in [-0.39, 0.29) is 23.6 Å². The van der Waals surface area contributed by atoms with Crippen LogP contribution in [0.5, 0.6) is 0 Å². The van der Waals surface area contributed by atoms with Crippen LogP contribution in [-0.4, -0.2) is 29.0 Å². The topological polar surface area (TPSA) is 84.1 Å². The van der Waals surface area contributed by atoms with Crippen LogP contribution in [0.1, 0.15) is 12.8 Å². The van der Waals surface area contributed by atoms with Gasteiger partial charge in [0.1, 0.15) is 11.6 Å². The minimum absolute atomic E-state index is 0.0204. The van der Waals surface area contributed by atoms with E-state index in [1.807, 2.05) is 30.3 Å². The largest absolute Gasteiger partial charge is 0.368 e. The smallest absolute Gasteiger partial charge is 0.229 e. The highest BCUT2D eigenvalue weighted by Gasteiger charge is 2.26. The number of nitrogens with zero attached hydrogens (tertiary/aromatic N) is 3. The molecule has 0 bridgehead atoms. The number of nitrogen functional groups attached to an aromatic ring is 1. The fourth-order valence-corrected chi connectivity index (χ4v) is 3.60. The van der Waals surface area contributed by atoms with Crippen molar-refractivity contribution in [3.63, 3.8) is 0 Å². The number of amides is 1. The molecule has 0 aliphatic carbocycles. The van der Waals surface area contributed by atoms with Gasteiger partial charge in [0.15, 0.2) is 0 Å². The zero-order valence-corrected chi connectivity index (χ0v) is 15.9. The van der Waals surface area contributed by atoms with Crippen LogP contribution in [-0.2, 0) is 4.79 Å². The van der Waals surface area contributed by atoms with Crippen molar-refractivity contribution >= 4 is 23.4 Å². The number of aromatic nitrogens is 2. The first-order valence-corrected chi connectivity index (χ1v) is 9.59. The van der Waals surface area contributed by atoms with Gasteiger partial charge in [-0.25, -0.2) is 9.37 Å². The fourth-order valence-electron chi connectivity index (χ4n) is 3.60. The van der Waals surface area contributed by atoms with Gasteiger partial charge in [-0.05, 0) is 54.3 Å². The Morgan fingerprint density at radius 2 is 1.97 bits per heavy atom. The normalized spacial score (nSPS) is 16.4. The van der Waals surface area contributed by atoms with Crippen molar-refractivity contribution in [1.82, 2.24) is 9.97 Å². The minimum atomic E-state index is -0.273. The molecule has 1 aliphatic rings. The molecule has 2 aromatic carbocycles. The minimum Gasteiger partial charge on any atom is -0.368 e. The Hall–Kier alpha value is -3.48. The van der Waals surface area contributed by atoms with Crippen molar-refractivity contribution in [1.29, 1.82) is 0 Å². The van der Waals surface area contributed by atoms with Gasteiger partial charge in [-0.2, -0.15) is 4.98 Å². The maximum absolute atomic E-state index is 13.2. The van der Waals surface area contributed by atoms with Gasteiger partial charge in [0, 0.05) is 25.0 Å². The number of piperidine rings is 1. The van der Waals surface area contributed by atoms with E-state index < -0.39 is 0 Å². The molecule has 3 N–H and O–H groups in total. The van der Waals surface area contributed by atoms with Crippen molar-refractivity contribution in [3.8, 4) is 11.1 Å². The zero-order chi connectivity index (χ0) is 20.2. The number of hydrogen-bond donors (Lipinski definition) is 2. The van der Waals surface area contributed by atoms with Gasteiger partial charge in [0.2, 0.25) is 11.9 Å². The molecule has 4 rings (SSSR count). The molecule has 1 aromatic heterocycles. The molecular weight excluding hydrogens is 369 g/mol.